The lowest BCUT2D eigenvalue weighted by molar-refractivity contribution is 0.0947. The minimum atomic E-state index is -0.134. The highest BCUT2D eigenvalue weighted by molar-refractivity contribution is 5.92. The molecule has 0 aliphatic carbocycles. The summed E-state index contributed by atoms with van der Waals surface area (Å²) in [6.07, 6.45) is 2.62. The first-order valence-corrected chi connectivity index (χ1v) is 9.96. The zero-order valence-electron chi connectivity index (χ0n) is 17.7. The molecule has 0 saturated heterocycles. The highest BCUT2D eigenvalue weighted by Gasteiger charge is 2.08. The van der Waals surface area contributed by atoms with E-state index < -0.39 is 0 Å². The zero-order valence-corrected chi connectivity index (χ0v) is 17.7. The van der Waals surface area contributed by atoms with Crippen molar-refractivity contribution < 1.29 is 4.79 Å². The van der Waals surface area contributed by atoms with E-state index >= 15 is 0 Å². The first-order chi connectivity index (χ1) is 13.4. The van der Waals surface area contributed by atoms with E-state index in [1.807, 2.05) is 20.2 Å². The molecule has 1 heterocycles. The molecule has 6 heteroatoms. The van der Waals surface area contributed by atoms with Gasteiger partial charge in [0.1, 0.15) is 5.69 Å². The number of amides is 1. The Labute approximate surface area is 169 Å². The molecule has 152 valence electrons. The maximum absolute atomic E-state index is 12.2. The molecule has 6 nitrogen and oxygen atoms in total. The van der Waals surface area contributed by atoms with Crippen molar-refractivity contribution in [3.05, 3.63) is 47.8 Å². The number of anilines is 3. The number of nitrogens with one attached hydrogen (secondary N) is 2. The molecule has 0 aliphatic heterocycles. The fraction of sp³-hybridized carbons (Fsp3) is 0.455. The van der Waals surface area contributed by atoms with Crippen molar-refractivity contribution in [2.75, 3.05) is 50.5 Å². The van der Waals surface area contributed by atoms with Gasteiger partial charge < -0.3 is 20.4 Å². The van der Waals surface area contributed by atoms with E-state index in [9.17, 15) is 4.79 Å². The fourth-order valence-corrected chi connectivity index (χ4v) is 3.02. The second-order valence-electron chi connectivity index (χ2n) is 7.14. The third-order valence-corrected chi connectivity index (χ3v) is 4.68. The summed E-state index contributed by atoms with van der Waals surface area (Å²) in [7, 11) is 4.04. The van der Waals surface area contributed by atoms with Crippen molar-refractivity contribution >= 4 is 23.0 Å². The van der Waals surface area contributed by atoms with E-state index in [4.69, 9.17) is 0 Å². The summed E-state index contributed by atoms with van der Waals surface area (Å²) in [6.45, 7) is 10.0. The lowest BCUT2D eigenvalue weighted by atomic mass is 10.1. The van der Waals surface area contributed by atoms with E-state index in [-0.39, 0.29) is 5.91 Å². The molecule has 0 aliphatic rings. The molecule has 2 N–H and O–H groups in total. The molecule has 28 heavy (non-hydrogen) atoms. The summed E-state index contributed by atoms with van der Waals surface area (Å²) in [5.74, 6) is -0.134. The van der Waals surface area contributed by atoms with Crippen LogP contribution in [-0.2, 0) is 0 Å². The molecule has 0 radical (unpaired) electrons. The molecule has 1 aromatic carbocycles. The number of benzene rings is 1. The van der Waals surface area contributed by atoms with Gasteiger partial charge in [0.2, 0.25) is 0 Å². The van der Waals surface area contributed by atoms with Gasteiger partial charge >= 0.3 is 0 Å². The Hall–Kier alpha value is -2.60. The maximum atomic E-state index is 12.2. The van der Waals surface area contributed by atoms with Crippen LogP contribution < -0.4 is 15.5 Å². The number of aryl methyl sites for hydroxylation is 1. The van der Waals surface area contributed by atoms with Gasteiger partial charge in [-0.1, -0.05) is 0 Å². The van der Waals surface area contributed by atoms with E-state index in [2.05, 4.69) is 64.4 Å². The molecule has 2 rings (SSSR count). The van der Waals surface area contributed by atoms with Crippen LogP contribution in [-0.4, -0.2) is 56.1 Å². The lowest BCUT2D eigenvalue weighted by Crippen LogP contribution is -2.27. The number of pyridine rings is 1. The standard InChI is InChI=1S/C22H33N5O/c1-6-27(7-2)19-10-12-20(17(3)15-19)25-18-9-11-21(24-16-18)22(28)23-13-8-14-26(4)5/h9-12,15-16,25H,6-8,13-14H2,1-5H3,(H,23,28). The smallest absolute Gasteiger partial charge is 0.269 e. The van der Waals surface area contributed by atoms with Gasteiger partial charge in [-0.3, -0.25) is 4.79 Å². The van der Waals surface area contributed by atoms with Crippen molar-refractivity contribution in [1.29, 1.82) is 0 Å². The number of carbonyl (C=O) groups is 1. The lowest BCUT2D eigenvalue weighted by Gasteiger charge is -2.22. The maximum Gasteiger partial charge on any atom is 0.269 e. The van der Waals surface area contributed by atoms with Gasteiger partial charge in [0.25, 0.3) is 5.91 Å². The molecular weight excluding hydrogens is 350 g/mol. The highest BCUT2D eigenvalue weighted by atomic mass is 16.1. The van der Waals surface area contributed by atoms with E-state index in [1.54, 1.807) is 12.3 Å². The van der Waals surface area contributed by atoms with Crippen molar-refractivity contribution in [3.8, 4) is 0 Å². The van der Waals surface area contributed by atoms with Gasteiger partial charge in [-0.2, -0.15) is 0 Å². The largest absolute Gasteiger partial charge is 0.372 e. The molecule has 0 spiro atoms. The van der Waals surface area contributed by atoms with Crippen molar-refractivity contribution in [1.82, 2.24) is 15.2 Å². The van der Waals surface area contributed by atoms with Crippen LogP contribution in [0.2, 0.25) is 0 Å². The van der Waals surface area contributed by atoms with Crippen LogP contribution in [0.3, 0.4) is 0 Å². The van der Waals surface area contributed by atoms with Gasteiger partial charge in [-0.25, -0.2) is 4.98 Å². The number of rotatable bonds is 10. The molecule has 0 bridgehead atoms. The Bertz CT molecular complexity index is 754. The van der Waals surface area contributed by atoms with Crippen LogP contribution in [0.15, 0.2) is 36.5 Å². The Balaban J connectivity index is 1.96. The molecular formula is C22H33N5O. The first kappa shape index (κ1) is 21.7. The number of hydrogen-bond acceptors (Lipinski definition) is 5. The van der Waals surface area contributed by atoms with Crippen molar-refractivity contribution in [2.24, 2.45) is 0 Å². The average Bonchev–Trinajstić information content (AvgIpc) is 2.68. The van der Waals surface area contributed by atoms with Gasteiger partial charge in [-0.05, 0) is 83.7 Å². The normalized spacial score (nSPS) is 10.8. The number of aromatic nitrogens is 1. The van der Waals surface area contributed by atoms with Crippen LogP contribution in [0, 0.1) is 6.92 Å². The highest BCUT2D eigenvalue weighted by Crippen LogP contribution is 2.25. The van der Waals surface area contributed by atoms with E-state index in [1.165, 1.54) is 11.3 Å². The van der Waals surface area contributed by atoms with Crippen LogP contribution >= 0.6 is 0 Å². The zero-order chi connectivity index (χ0) is 20.5. The van der Waals surface area contributed by atoms with Crippen LogP contribution in [0.1, 0.15) is 36.3 Å². The Morgan fingerprint density at radius 3 is 2.43 bits per heavy atom. The summed E-state index contributed by atoms with van der Waals surface area (Å²) in [4.78, 5) is 20.9. The van der Waals surface area contributed by atoms with Crippen LogP contribution in [0.5, 0.6) is 0 Å². The number of hydrogen-bond donors (Lipinski definition) is 2. The van der Waals surface area contributed by atoms with Crippen LogP contribution in [0.4, 0.5) is 17.1 Å². The minimum absolute atomic E-state index is 0.134. The number of nitrogens with zero attached hydrogens (tertiary/aromatic N) is 3. The Morgan fingerprint density at radius 1 is 1.11 bits per heavy atom. The Morgan fingerprint density at radius 2 is 1.86 bits per heavy atom. The fourth-order valence-electron chi connectivity index (χ4n) is 3.02. The molecule has 2 aromatic rings. The third kappa shape index (κ3) is 6.23. The van der Waals surface area contributed by atoms with Gasteiger partial charge in [0.15, 0.2) is 0 Å². The molecule has 0 atom stereocenters. The number of carbonyl (C=O) groups excluding carboxylic acids is 1. The Kier molecular flexibility index (Phi) is 8.26. The van der Waals surface area contributed by atoms with Gasteiger partial charge in [-0.15, -0.1) is 0 Å². The summed E-state index contributed by atoms with van der Waals surface area (Å²) < 4.78 is 0. The predicted octanol–water partition coefficient (Wildman–Crippen LogP) is 3.66. The molecule has 0 saturated carbocycles. The van der Waals surface area contributed by atoms with E-state index in [0.29, 0.717) is 12.2 Å². The van der Waals surface area contributed by atoms with E-state index in [0.717, 1.165) is 37.4 Å². The molecule has 1 aromatic heterocycles. The van der Waals surface area contributed by atoms with Gasteiger partial charge in [0, 0.05) is 31.0 Å². The van der Waals surface area contributed by atoms with Gasteiger partial charge in [0.05, 0.1) is 11.9 Å². The average molecular weight is 384 g/mol. The second-order valence-corrected chi connectivity index (χ2v) is 7.14. The summed E-state index contributed by atoms with van der Waals surface area (Å²) in [6, 6.07) is 10.1. The topological polar surface area (TPSA) is 60.5 Å². The summed E-state index contributed by atoms with van der Waals surface area (Å²) in [5.41, 5.74) is 4.74. The summed E-state index contributed by atoms with van der Waals surface area (Å²) in [5, 5.41) is 6.29. The second kappa shape index (κ2) is 10.7. The quantitative estimate of drug-likeness (QED) is 0.613. The van der Waals surface area contributed by atoms with Crippen LogP contribution in [0.25, 0.3) is 0 Å². The molecule has 0 unspecified atom stereocenters. The SMILES string of the molecule is CCN(CC)c1ccc(Nc2ccc(C(=O)NCCCN(C)C)nc2)c(C)c1. The molecule has 1 amide bonds. The monoisotopic (exact) mass is 383 g/mol. The minimum Gasteiger partial charge on any atom is -0.372 e. The third-order valence-electron chi connectivity index (χ3n) is 4.68. The molecule has 0 fully saturated rings. The predicted molar refractivity (Wildman–Crippen MR) is 118 cm³/mol. The first-order valence-electron chi connectivity index (χ1n) is 9.96. The van der Waals surface area contributed by atoms with Crippen molar-refractivity contribution in [3.63, 3.8) is 0 Å². The summed E-state index contributed by atoms with van der Waals surface area (Å²) >= 11 is 0. The van der Waals surface area contributed by atoms with Crippen molar-refractivity contribution in [2.45, 2.75) is 27.2 Å².